The molecular formula is C27H22N4O3. The second-order valence-electron chi connectivity index (χ2n) is 7.85. The van der Waals surface area contributed by atoms with E-state index in [0.29, 0.717) is 28.1 Å². The van der Waals surface area contributed by atoms with Crippen molar-refractivity contribution in [3.63, 3.8) is 0 Å². The van der Waals surface area contributed by atoms with E-state index in [0.717, 1.165) is 11.1 Å². The highest BCUT2D eigenvalue weighted by molar-refractivity contribution is 6.21. The molecule has 168 valence electrons. The lowest BCUT2D eigenvalue weighted by Gasteiger charge is -2.08. The fourth-order valence-corrected chi connectivity index (χ4v) is 3.79. The van der Waals surface area contributed by atoms with Crippen molar-refractivity contribution >= 4 is 29.0 Å². The number of aliphatic imine (C=N–C) groups is 1. The Kier molecular flexibility index (Phi) is 6.24. The van der Waals surface area contributed by atoms with Gasteiger partial charge in [0.1, 0.15) is 23.2 Å². The monoisotopic (exact) mass is 450 g/mol. The maximum Gasteiger partial charge on any atom is 0.268 e. The number of amidine groups is 1. The molecule has 0 unspecified atom stereocenters. The van der Waals surface area contributed by atoms with Crippen LogP contribution in [0.3, 0.4) is 0 Å². The number of nitrogens with one attached hydrogen (secondary N) is 2. The fraction of sp³-hybridized carbons (Fsp3) is 0.111. The van der Waals surface area contributed by atoms with Gasteiger partial charge in [0.05, 0.1) is 12.8 Å². The van der Waals surface area contributed by atoms with Crippen LogP contribution in [-0.2, 0) is 4.79 Å². The number of rotatable bonds is 4. The molecule has 3 aromatic carbocycles. The Morgan fingerprint density at radius 3 is 2.18 bits per heavy atom. The van der Waals surface area contributed by atoms with Crippen molar-refractivity contribution in [2.75, 3.05) is 12.4 Å². The van der Waals surface area contributed by atoms with Gasteiger partial charge in [-0.1, -0.05) is 30.3 Å². The molecule has 0 bridgehead atoms. The van der Waals surface area contributed by atoms with Crippen molar-refractivity contribution in [1.82, 2.24) is 5.32 Å². The zero-order valence-corrected chi connectivity index (χ0v) is 19.0. The molecule has 3 aromatic rings. The Balaban J connectivity index is 1.67. The van der Waals surface area contributed by atoms with Gasteiger partial charge in [-0.3, -0.25) is 9.59 Å². The molecule has 34 heavy (non-hydrogen) atoms. The lowest BCUT2D eigenvalue weighted by molar-refractivity contribution is -0.112. The largest absolute Gasteiger partial charge is 0.497 e. The summed E-state index contributed by atoms with van der Waals surface area (Å²) in [7, 11) is 1.55. The predicted molar refractivity (Wildman–Crippen MR) is 131 cm³/mol. The SMILES string of the molecule is COc1ccc(C(=O)NC2=N/C(=C(/C#N)C(=O)Nc3cc(C)cc(C)c3)c3ccccc32)cc1. The first-order valence-electron chi connectivity index (χ1n) is 10.6. The zero-order valence-electron chi connectivity index (χ0n) is 19.0. The number of nitrogens with zero attached hydrogens (tertiary/aromatic N) is 2. The Hall–Kier alpha value is -4.70. The first-order chi connectivity index (χ1) is 16.4. The number of carbonyl (C=O) groups excluding carboxylic acids is 2. The van der Waals surface area contributed by atoms with Crippen molar-refractivity contribution in [3.05, 3.63) is 100 Å². The van der Waals surface area contributed by atoms with Crippen LogP contribution in [0.15, 0.2) is 77.3 Å². The fourth-order valence-electron chi connectivity index (χ4n) is 3.79. The van der Waals surface area contributed by atoms with Gasteiger partial charge < -0.3 is 15.4 Å². The Bertz CT molecular complexity index is 1380. The average molecular weight is 450 g/mol. The van der Waals surface area contributed by atoms with E-state index >= 15 is 0 Å². The third-order valence-corrected chi connectivity index (χ3v) is 5.30. The van der Waals surface area contributed by atoms with E-state index in [1.54, 1.807) is 55.6 Å². The average Bonchev–Trinajstić information content (AvgIpc) is 3.17. The Morgan fingerprint density at radius 2 is 1.56 bits per heavy atom. The number of fused-ring (bicyclic) bond motifs is 1. The molecule has 0 saturated heterocycles. The highest BCUT2D eigenvalue weighted by atomic mass is 16.5. The summed E-state index contributed by atoms with van der Waals surface area (Å²) in [5, 5.41) is 15.4. The summed E-state index contributed by atoms with van der Waals surface area (Å²) in [6.07, 6.45) is 0. The van der Waals surface area contributed by atoms with E-state index < -0.39 is 5.91 Å². The van der Waals surface area contributed by atoms with Crippen LogP contribution < -0.4 is 15.4 Å². The molecule has 0 spiro atoms. The minimum absolute atomic E-state index is 0.139. The minimum Gasteiger partial charge on any atom is -0.497 e. The molecule has 1 heterocycles. The summed E-state index contributed by atoms with van der Waals surface area (Å²) in [5.41, 5.74) is 4.31. The number of aryl methyl sites for hydroxylation is 2. The second-order valence-corrected chi connectivity index (χ2v) is 7.85. The van der Waals surface area contributed by atoms with E-state index in [1.807, 2.05) is 38.1 Å². The molecule has 0 saturated carbocycles. The number of carbonyl (C=O) groups is 2. The third kappa shape index (κ3) is 4.57. The summed E-state index contributed by atoms with van der Waals surface area (Å²) < 4.78 is 5.13. The number of ether oxygens (including phenoxy) is 1. The first-order valence-corrected chi connectivity index (χ1v) is 10.6. The first kappa shape index (κ1) is 22.5. The van der Waals surface area contributed by atoms with Gasteiger partial charge in [-0.15, -0.1) is 0 Å². The molecular weight excluding hydrogens is 428 g/mol. The maximum atomic E-state index is 13.0. The molecule has 0 aliphatic carbocycles. The summed E-state index contributed by atoms with van der Waals surface area (Å²) >= 11 is 0. The standard InChI is InChI=1S/C27H22N4O3/c1-16-12-17(2)14-19(13-16)29-27(33)23(15-28)24-21-6-4-5-7-22(21)25(30-24)31-26(32)18-8-10-20(34-3)11-9-18/h4-14H,1-3H3,(H,29,33)(H,30,31,32)/b24-23-. The van der Waals surface area contributed by atoms with Crippen molar-refractivity contribution in [3.8, 4) is 11.8 Å². The van der Waals surface area contributed by atoms with Crippen LogP contribution in [0, 0.1) is 25.2 Å². The van der Waals surface area contributed by atoms with Gasteiger partial charge >= 0.3 is 0 Å². The van der Waals surface area contributed by atoms with E-state index in [2.05, 4.69) is 15.6 Å². The summed E-state index contributed by atoms with van der Waals surface area (Å²) in [6.45, 7) is 3.86. The normalized spacial score (nSPS) is 13.3. The van der Waals surface area contributed by atoms with Gasteiger partial charge in [0, 0.05) is 22.4 Å². The molecule has 1 aliphatic heterocycles. The van der Waals surface area contributed by atoms with Crippen LogP contribution in [0.2, 0.25) is 0 Å². The topological polar surface area (TPSA) is 104 Å². The van der Waals surface area contributed by atoms with Gasteiger partial charge in [0.2, 0.25) is 0 Å². The molecule has 7 nitrogen and oxygen atoms in total. The summed E-state index contributed by atoms with van der Waals surface area (Å²) in [5.74, 6) is -0.0170. The van der Waals surface area contributed by atoms with Crippen molar-refractivity contribution in [2.45, 2.75) is 13.8 Å². The second kappa shape index (κ2) is 9.43. The molecule has 2 amide bonds. The van der Waals surface area contributed by atoms with Crippen molar-refractivity contribution in [2.24, 2.45) is 4.99 Å². The molecule has 2 N–H and O–H groups in total. The third-order valence-electron chi connectivity index (χ3n) is 5.30. The number of amides is 2. The Labute approximate surface area is 197 Å². The van der Waals surface area contributed by atoms with Crippen LogP contribution in [0.25, 0.3) is 5.70 Å². The van der Waals surface area contributed by atoms with Gasteiger partial charge in [0.15, 0.2) is 0 Å². The molecule has 0 aromatic heterocycles. The number of anilines is 1. The van der Waals surface area contributed by atoms with Crippen LogP contribution in [0.5, 0.6) is 5.75 Å². The molecule has 7 heteroatoms. The maximum absolute atomic E-state index is 13.0. The minimum atomic E-state index is -0.566. The number of hydrogen-bond donors (Lipinski definition) is 2. The van der Waals surface area contributed by atoms with Crippen LogP contribution in [0.4, 0.5) is 5.69 Å². The van der Waals surface area contributed by atoms with Gasteiger partial charge in [-0.25, -0.2) is 4.99 Å². The van der Waals surface area contributed by atoms with Crippen LogP contribution in [-0.4, -0.2) is 24.8 Å². The van der Waals surface area contributed by atoms with E-state index in [1.165, 1.54) is 0 Å². The quantitative estimate of drug-likeness (QED) is 0.455. The van der Waals surface area contributed by atoms with E-state index in [9.17, 15) is 14.9 Å². The Morgan fingerprint density at radius 1 is 0.912 bits per heavy atom. The van der Waals surface area contributed by atoms with E-state index in [4.69, 9.17) is 4.74 Å². The molecule has 0 radical (unpaired) electrons. The lowest BCUT2D eigenvalue weighted by Crippen LogP contribution is -2.30. The van der Waals surface area contributed by atoms with Gasteiger partial charge in [-0.05, 0) is 61.4 Å². The number of benzene rings is 3. The summed E-state index contributed by atoms with van der Waals surface area (Å²) in [4.78, 5) is 30.3. The number of methoxy groups -OCH3 is 1. The number of nitriles is 1. The van der Waals surface area contributed by atoms with Crippen molar-refractivity contribution in [1.29, 1.82) is 5.26 Å². The summed E-state index contributed by atoms with van der Waals surface area (Å²) in [6, 6.07) is 21.5. The van der Waals surface area contributed by atoms with Gasteiger partial charge in [0.25, 0.3) is 11.8 Å². The van der Waals surface area contributed by atoms with Crippen LogP contribution >= 0.6 is 0 Å². The van der Waals surface area contributed by atoms with Crippen LogP contribution in [0.1, 0.15) is 32.6 Å². The smallest absolute Gasteiger partial charge is 0.268 e. The van der Waals surface area contributed by atoms with E-state index in [-0.39, 0.29) is 23.0 Å². The predicted octanol–water partition coefficient (Wildman–Crippen LogP) is 4.38. The van der Waals surface area contributed by atoms with Gasteiger partial charge in [-0.2, -0.15) is 5.26 Å². The molecule has 1 aliphatic rings. The molecule has 4 rings (SSSR count). The highest BCUT2D eigenvalue weighted by Gasteiger charge is 2.27. The zero-order chi connectivity index (χ0) is 24.2. The highest BCUT2D eigenvalue weighted by Crippen LogP contribution is 2.31. The molecule has 0 fully saturated rings. The van der Waals surface area contributed by atoms with Crippen molar-refractivity contribution < 1.29 is 14.3 Å². The lowest BCUT2D eigenvalue weighted by atomic mass is 10.0. The number of hydrogen-bond acceptors (Lipinski definition) is 5. The molecule has 0 atom stereocenters.